The van der Waals surface area contributed by atoms with Crippen LogP contribution in [0, 0.1) is 0 Å². The number of rotatable bonds is 5. The third-order valence-electron chi connectivity index (χ3n) is 10.5. The Bertz CT molecular complexity index is 2100. The van der Waals surface area contributed by atoms with Crippen molar-refractivity contribution >= 4 is 10.9 Å². The fourth-order valence-electron chi connectivity index (χ4n) is 7.22. The summed E-state index contributed by atoms with van der Waals surface area (Å²) in [5.74, 6) is 1.74. The molecule has 3 aromatic carbocycles. The summed E-state index contributed by atoms with van der Waals surface area (Å²) in [6.07, 6.45) is 4.02. The maximum Gasteiger partial charge on any atom is 0.146 e. The van der Waals surface area contributed by atoms with Gasteiger partial charge in [-0.2, -0.15) is 0 Å². The van der Waals surface area contributed by atoms with Gasteiger partial charge in [-0.1, -0.05) is 110 Å². The first kappa shape index (κ1) is 29.9. The topological polar surface area (TPSA) is 63.8 Å². The molecule has 0 bridgehead atoms. The molecule has 0 spiro atoms. The van der Waals surface area contributed by atoms with Gasteiger partial charge < -0.3 is 5.11 Å². The molecule has 0 unspecified atom stereocenters. The highest BCUT2D eigenvalue weighted by Gasteiger charge is 2.47. The molecule has 0 aliphatic heterocycles. The molecule has 232 valence electrons. The average Bonchev–Trinajstić information content (AvgIpc) is 3.48. The second kappa shape index (κ2) is 10.7. The molecule has 7 rings (SSSR count). The highest BCUT2D eigenvalue weighted by molar-refractivity contribution is 5.93. The van der Waals surface area contributed by atoms with Crippen molar-refractivity contribution in [3.8, 4) is 45.5 Å². The minimum absolute atomic E-state index is 0.206. The number of fused-ring (bicyclic) bond motifs is 4. The molecule has 3 heterocycles. The second-order valence-electron chi connectivity index (χ2n) is 14.3. The largest absolute Gasteiger partial charge is 0.507 e. The molecule has 0 radical (unpaired) electrons. The van der Waals surface area contributed by atoms with Gasteiger partial charge in [0.2, 0.25) is 0 Å². The summed E-state index contributed by atoms with van der Waals surface area (Å²) in [6.45, 7) is 18.1. The first-order chi connectivity index (χ1) is 21.9. The van der Waals surface area contributed by atoms with E-state index in [1.165, 1.54) is 16.8 Å². The van der Waals surface area contributed by atoms with Gasteiger partial charge in [0.25, 0.3) is 0 Å². The lowest BCUT2D eigenvalue weighted by molar-refractivity contribution is 0.296. The fraction of sp³-hybridized carbons (Fsp3) is 0.293. The smallest absolute Gasteiger partial charge is 0.146 e. The number of nitrogens with zero attached hydrogens (tertiary/aromatic N) is 4. The lowest BCUT2D eigenvalue weighted by Crippen LogP contribution is -2.43. The molecule has 0 saturated carbocycles. The van der Waals surface area contributed by atoms with Crippen molar-refractivity contribution in [2.24, 2.45) is 0 Å². The van der Waals surface area contributed by atoms with E-state index in [-0.39, 0.29) is 16.6 Å². The zero-order valence-corrected chi connectivity index (χ0v) is 28.1. The van der Waals surface area contributed by atoms with Crippen molar-refractivity contribution in [2.45, 2.75) is 78.1 Å². The van der Waals surface area contributed by atoms with E-state index in [0.717, 1.165) is 56.1 Å². The lowest BCUT2D eigenvalue weighted by Gasteiger charge is -2.47. The number of benzene rings is 3. The van der Waals surface area contributed by atoms with E-state index in [1.54, 1.807) is 6.07 Å². The van der Waals surface area contributed by atoms with Crippen molar-refractivity contribution in [1.82, 2.24) is 19.5 Å². The van der Waals surface area contributed by atoms with Gasteiger partial charge >= 0.3 is 0 Å². The highest BCUT2D eigenvalue weighted by Crippen LogP contribution is 2.55. The lowest BCUT2D eigenvalue weighted by atomic mass is 9.56. The molecule has 1 aliphatic carbocycles. The highest BCUT2D eigenvalue weighted by atomic mass is 16.3. The van der Waals surface area contributed by atoms with Crippen molar-refractivity contribution in [3.63, 3.8) is 0 Å². The summed E-state index contributed by atoms with van der Waals surface area (Å²) in [6, 6.07) is 27.1. The summed E-state index contributed by atoms with van der Waals surface area (Å²) >= 11 is 0. The van der Waals surface area contributed by atoms with Gasteiger partial charge in [-0.3, -0.25) is 9.55 Å². The number of phenols is 1. The Morgan fingerprint density at radius 3 is 2.07 bits per heavy atom. The van der Waals surface area contributed by atoms with Crippen LogP contribution in [-0.4, -0.2) is 24.6 Å². The maximum atomic E-state index is 11.2. The van der Waals surface area contributed by atoms with E-state index in [2.05, 4.69) is 126 Å². The van der Waals surface area contributed by atoms with E-state index in [1.807, 2.05) is 24.4 Å². The molecular formula is C41H42N4O. The first-order valence-electron chi connectivity index (χ1n) is 16.3. The summed E-state index contributed by atoms with van der Waals surface area (Å²) < 4.78 is 2.28. The van der Waals surface area contributed by atoms with Crippen molar-refractivity contribution in [3.05, 3.63) is 114 Å². The molecule has 0 fully saturated rings. The van der Waals surface area contributed by atoms with Crippen LogP contribution in [0.15, 0.2) is 91.3 Å². The van der Waals surface area contributed by atoms with Crippen molar-refractivity contribution in [2.75, 3.05) is 0 Å². The monoisotopic (exact) mass is 606 g/mol. The number of hydrogen-bond donors (Lipinski definition) is 1. The third kappa shape index (κ3) is 4.39. The van der Waals surface area contributed by atoms with Crippen LogP contribution in [0.5, 0.6) is 5.75 Å². The summed E-state index contributed by atoms with van der Waals surface area (Å²) in [4.78, 5) is 15.4. The molecule has 1 aliphatic rings. The van der Waals surface area contributed by atoms with Crippen LogP contribution in [0.25, 0.3) is 50.6 Å². The van der Waals surface area contributed by atoms with Gasteiger partial charge in [-0.25, -0.2) is 9.97 Å². The van der Waals surface area contributed by atoms with Gasteiger partial charge in [0.05, 0.1) is 22.6 Å². The molecule has 46 heavy (non-hydrogen) atoms. The van der Waals surface area contributed by atoms with Gasteiger partial charge in [0, 0.05) is 34.3 Å². The quantitative estimate of drug-likeness (QED) is 0.212. The van der Waals surface area contributed by atoms with Crippen molar-refractivity contribution < 1.29 is 5.11 Å². The minimum Gasteiger partial charge on any atom is -0.507 e. The molecular weight excluding hydrogens is 564 g/mol. The molecule has 6 aromatic rings. The Labute approximate surface area is 272 Å². The van der Waals surface area contributed by atoms with Crippen LogP contribution in [0.4, 0.5) is 0 Å². The normalized spacial score (nSPS) is 14.9. The minimum atomic E-state index is -0.211. The number of pyridine rings is 2. The van der Waals surface area contributed by atoms with Crippen LogP contribution in [0.2, 0.25) is 0 Å². The zero-order chi connectivity index (χ0) is 32.5. The fourth-order valence-corrected chi connectivity index (χ4v) is 7.22. The van der Waals surface area contributed by atoms with Crippen LogP contribution < -0.4 is 0 Å². The molecule has 3 aromatic heterocycles. The number of hydrogen-bond acceptors (Lipinski definition) is 4. The van der Waals surface area contributed by atoms with Gasteiger partial charge in [-0.15, -0.1) is 0 Å². The molecule has 5 heteroatoms. The van der Waals surface area contributed by atoms with E-state index >= 15 is 0 Å². The van der Waals surface area contributed by atoms with E-state index in [0.29, 0.717) is 11.8 Å². The summed E-state index contributed by atoms with van der Waals surface area (Å²) in [5.41, 5.74) is 10.7. The molecule has 0 saturated heterocycles. The Kier molecular flexibility index (Phi) is 6.93. The van der Waals surface area contributed by atoms with Gasteiger partial charge in [-0.05, 0) is 63.8 Å². The number of para-hydroxylation sites is 2. The van der Waals surface area contributed by atoms with Crippen molar-refractivity contribution in [1.29, 1.82) is 0 Å². The number of aromatic nitrogens is 4. The van der Waals surface area contributed by atoms with Gasteiger partial charge in [0.15, 0.2) is 0 Å². The van der Waals surface area contributed by atoms with Crippen LogP contribution in [-0.2, 0) is 10.8 Å². The average molecular weight is 607 g/mol. The number of phenolic OH excluding ortho intramolecular Hbond substituents is 1. The van der Waals surface area contributed by atoms with E-state index in [4.69, 9.17) is 9.97 Å². The predicted octanol–water partition coefficient (Wildman–Crippen LogP) is 10.3. The molecule has 1 N–H and O–H groups in total. The van der Waals surface area contributed by atoms with Crippen LogP contribution in [0.1, 0.15) is 89.5 Å². The maximum absolute atomic E-state index is 11.2. The number of imidazole rings is 1. The van der Waals surface area contributed by atoms with Gasteiger partial charge in [0.1, 0.15) is 17.3 Å². The third-order valence-corrected chi connectivity index (χ3v) is 10.5. The van der Waals surface area contributed by atoms with E-state index in [9.17, 15) is 5.11 Å². The predicted molar refractivity (Wildman–Crippen MR) is 189 cm³/mol. The second-order valence-corrected chi connectivity index (χ2v) is 14.3. The van der Waals surface area contributed by atoms with E-state index < -0.39 is 0 Å². The van der Waals surface area contributed by atoms with Crippen LogP contribution in [0.3, 0.4) is 0 Å². The Morgan fingerprint density at radius 2 is 1.35 bits per heavy atom. The Morgan fingerprint density at radius 1 is 0.674 bits per heavy atom. The molecule has 5 nitrogen and oxygen atoms in total. The standard InChI is InChI=1S/C41H42N4O/c1-24(2)26-14-11-15-27(25(3)4)38(26)45-23-34(44-39(45)29-21-22-42-32-17-10-9-13-28(29)32)33-20-19-31-37(43-33)36-30(16-12-18-35(36)46)40(5,6)41(31,7)8/h9-25,46H,1-8H3. The zero-order valence-electron chi connectivity index (χ0n) is 28.1. The molecule has 0 atom stereocenters. The SMILES string of the molecule is CC(C)c1cccc(C(C)C)c1-n1cc(-c2ccc3c(n2)-c2c(O)cccc2C(C)(C)C3(C)C)nc1-c1ccnc2ccccc12. The Balaban J connectivity index is 1.53. The summed E-state index contributed by atoms with van der Waals surface area (Å²) in [5, 5.41) is 12.3. The summed E-state index contributed by atoms with van der Waals surface area (Å²) in [7, 11) is 0. The Hall–Kier alpha value is -4.77. The number of aromatic hydroxyl groups is 1. The molecule has 0 amide bonds. The van der Waals surface area contributed by atoms with Crippen LogP contribution >= 0.6 is 0 Å². The first-order valence-corrected chi connectivity index (χ1v) is 16.3.